The predicted octanol–water partition coefficient (Wildman–Crippen LogP) is 5.37. The van der Waals surface area contributed by atoms with E-state index >= 15 is 0 Å². The fourth-order valence-corrected chi connectivity index (χ4v) is 3.48. The third-order valence-electron chi connectivity index (χ3n) is 5.42. The SMILES string of the molecule is CO/N=C(/C(=O)OC)C1=C(COc2cccc(Oc3ccc([N+](=O)[O-])cc3)c2)CC(C)=C(C)C1. The molecule has 0 fully saturated rings. The first kappa shape index (κ1) is 24.5. The maximum absolute atomic E-state index is 12.3. The Morgan fingerprint density at radius 3 is 2.32 bits per heavy atom. The Labute approximate surface area is 197 Å². The number of methoxy groups -OCH3 is 1. The van der Waals surface area contributed by atoms with Crippen molar-refractivity contribution in [3.63, 3.8) is 0 Å². The van der Waals surface area contributed by atoms with Gasteiger partial charge in [0.25, 0.3) is 5.69 Å². The van der Waals surface area contributed by atoms with Crippen molar-refractivity contribution in [2.75, 3.05) is 20.8 Å². The largest absolute Gasteiger partial charge is 0.489 e. The van der Waals surface area contributed by atoms with E-state index in [0.29, 0.717) is 30.1 Å². The molecule has 0 heterocycles. The van der Waals surface area contributed by atoms with Crippen LogP contribution >= 0.6 is 0 Å². The highest BCUT2D eigenvalue weighted by atomic mass is 16.6. The Bertz CT molecular complexity index is 1160. The highest BCUT2D eigenvalue weighted by Gasteiger charge is 2.26. The highest BCUT2D eigenvalue weighted by Crippen LogP contribution is 2.32. The van der Waals surface area contributed by atoms with Gasteiger partial charge in [0.2, 0.25) is 0 Å². The van der Waals surface area contributed by atoms with Crippen LogP contribution in [0.25, 0.3) is 0 Å². The molecule has 0 aliphatic heterocycles. The first-order chi connectivity index (χ1) is 16.3. The second kappa shape index (κ2) is 11.1. The Morgan fingerprint density at radius 1 is 1.00 bits per heavy atom. The second-order valence-corrected chi connectivity index (χ2v) is 7.73. The topological polar surface area (TPSA) is 109 Å². The van der Waals surface area contributed by atoms with Crippen LogP contribution in [0.3, 0.4) is 0 Å². The molecule has 0 saturated heterocycles. The van der Waals surface area contributed by atoms with E-state index in [4.69, 9.17) is 19.0 Å². The number of non-ortho nitro benzene ring substituents is 1. The molecule has 0 spiro atoms. The lowest BCUT2D eigenvalue weighted by Gasteiger charge is -2.23. The summed E-state index contributed by atoms with van der Waals surface area (Å²) < 4.78 is 16.7. The molecule has 0 bridgehead atoms. The fourth-order valence-electron chi connectivity index (χ4n) is 3.48. The zero-order chi connectivity index (χ0) is 24.7. The number of nitrogens with zero attached hydrogens (tertiary/aromatic N) is 2. The van der Waals surface area contributed by atoms with Gasteiger partial charge < -0.3 is 19.0 Å². The number of carbonyl (C=O) groups excluding carboxylic acids is 1. The Hall–Kier alpha value is -4.14. The van der Waals surface area contributed by atoms with Gasteiger partial charge in [-0.1, -0.05) is 22.4 Å². The quantitative estimate of drug-likeness (QED) is 0.161. The van der Waals surface area contributed by atoms with Gasteiger partial charge in [-0.05, 0) is 62.1 Å². The molecule has 0 atom stereocenters. The molecule has 9 heteroatoms. The van der Waals surface area contributed by atoms with Gasteiger partial charge >= 0.3 is 5.97 Å². The molecule has 0 radical (unpaired) electrons. The molecule has 0 saturated carbocycles. The van der Waals surface area contributed by atoms with Gasteiger partial charge in [0.05, 0.1) is 12.0 Å². The number of carbonyl (C=O) groups is 1. The van der Waals surface area contributed by atoms with E-state index in [0.717, 1.165) is 16.7 Å². The van der Waals surface area contributed by atoms with E-state index in [1.165, 1.54) is 44.1 Å². The van der Waals surface area contributed by atoms with Gasteiger partial charge in [-0.2, -0.15) is 0 Å². The minimum Gasteiger partial charge on any atom is -0.489 e. The zero-order valence-electron chi connectivity index (χ0n) is 19.5. The number of nitro benzene ring substituents is 1. The van der Waals surface area contributed by atoms with Crippen molar-refractivity contribution in [1.82, 2.24) is 0 Å². The molecule has 9 nitrogen and oxygen atoms in total. The van der Waals surface area contributed by atoms with Crippen molar-refractivity contribution in [3.05, 3.63) is 80.9 Å². The summed E-state index contributed by atoms with van der Waals surface area (Å²) in [5.41, 5.74) is 4.12. The van der Waals surface area contributed by atoms with Crippen LogP contribution in [0.4, 0.5) is 5.69 Å². The molecule has 3 rings (SSSR count). The van der Waals surface area contributed by atoms with Crippen molar-refractivity contribution < 1.29 is 28.8 Å². The van der Waals surface area contributed by atoms with Crippen molar-refractivity contribution in [1.29, 1.82) is 0 Å². The van der Waals surface area contributed by atoms with Crippen LogP contribution in [0.15, 0.2) is 76.0 Å². The third kappa shape index (κ3) is 6.00. The molecule has 2 aromatic rings. The highest BCUT2D eigenvalue weighted by molar-refractivity contribution is 6.43. The summed E-state index contributed by atoms with van der Waals surface area (Å²) in [6.45, 7) is 4.31. The van der Waals surface area contributed by atoms with Crippen LogP contribution in [-0.4, -0.2) is 37.4 Å². The normalized spacial score (nSPS) is 14.1. The maximum Gasteiger partial charge on any atom is 0.360 e. The maximum atomic E-state index is 12.3. The smallest absolute Gasteiger partial charge is 0.360 e. The first-order valence-electron chi connectivity index (χ1n) is 10.5. The summed E-state index contributed by atoms with van der Waals surface area (Å²) >= 11 is 0. The van der Waals surface area contributed by atoms with Crippen LogP contribution in [0, 0.1) is 10.1 Å². The number of nitro groups is 1. The number of rotatable bonds is 9. The van der Waals surface area contributed by atoms with Crippen molar-refractivity contribution >= 4 is 17.4 Å². The van der Waals surface area contributed by atoms with E-state index < -0.39 is 10.9 Å². The predicted molar refractivity (Wildman–Crippen MR) is 126 cm³/mol. The van der Waals surface area contributed by atoms with Crippen molar-refractivity contribution in [2.24, 2.45) is 5.16 Å². The lowest BCUT2D eigenvalue weighted by molar-refractivity contribution is -0.384. The molecule has 178 valence electrons. The number of oxime groups is 1. The lowest BCUT2D eigenvalue weighted by atomic mass is 9.85. The molecule has 1 aliphatic rings. The molecular weight excluding hydrogens is 440 g/mol. The number of hydrogen-bond acceptors (Lipinski definition) is 8. The number of hydrogen-bond donors (Lipinski definition) is 0. The lowest BCUT2D eigenvalue weighted by Crippen LogP contribution is -2.24. The van der Waals surface area contributed by atoms with Gasteiger partial charge in [0, 0.05) is 18.2 Å². The van der Waals surface area contributed by atoms with Crippen molar-refractivity contribution in [3.8, 4) is 17.2 Å². The summed E-state index contributed by atoms with van der Waals surface area (Å²) in [7, 11) is 2.68. The molecule has 34 heavy (non-hydrogen) atoms. The number of benzene rings is 2. The Balaban J connectivity index is 1.78. The summed E-state index contributed by atoms with van der Waals surface area (Å²) in [5.74, 6) is 0.987. The van der Waals surface area contributed by atoms with Crippen LogP contribution in [0.2, 0.25) is 0 Å². The van der Waals surface area contributed by atoms with Crippen molar-refractivity contribution in [2.45, 2.75) is 26.7 Å². The average molecular weight is 466 g/mol. The number of esters is 1. The van der Waals surface area contributed by atoms with E-state index in [9.17, 15) is 14.9 Å². The van der Waals surface area contributed by atoms with Gasteiger partial charge in [-0.15, -0.1) is 0 Å². The Morgan fingerprint density at radius 2 is 1.68 bits per heavy atom. The fraction of sp³-hybridized carbons (Fsp3) is 0.280. The first-order valence-corrected chi connectivity index (χ1v) is 10.5. The summed E-state index contributed by atoms with van der Waals surface area (Å²) in [6.07, 6.45) is 1.19. The molecule has 0 N–H and O–H groups in total. The summed E-state index contributed by atoms with van der Waals surface area (Å²) in [5, 5.41) is 14.7. The summed E-state index contributed by atoms with van der Waals surface area (Å²) in [6, 6.07) is 12.9. The third-order valence-corrected chi connectivity index (χ3v) is 5.42. The number of ether oxygens (including phenoxy) is 3. The molecule has 0 aromatic heterocycles. The molecule has 0 amide bonds. The van der Waals surface area contributed by atoms with E-state index in [2.05, 4.69) is 12.1 Å². The van der Waals surface area contributed by atoms with Crippen LogP contribution in [-0.2, 0) is 14.4 Å². The number of allylic oxidation sites excluding steroid dienone is 2. The Kier molecular flexibility index (Phi) is 8.02. The van der Waals surface area contributed by atoms with Crippen LogP contribution in [0.5, 0.6) is 17.2 Å². The zero-order valence-corrected chi connectivity index (χ0v) is 19.5. The minimum absolute atomic E-state index is 0.0103. The van der Waals surface area contributed by atoms with Gasteiger partial charge in [-0.3, -0.25) is 10.1 Å². The van der Waals surface area contributed by atoms with E-state index in [1.54, 1.807) is 24.3 Å². The molecular formula is C25H26N2O7. The van der Waals surface area contributed by atoms with Crippen LogP contribution < -0.4 is 9.47 Å². The molecule has 2 aromatic carbocycles. The van der Waals surface area contributed by atoms with Gasteiger partial charge in [0.1, 0.15) is 31.0 Å². The average Bonchev–Trinajstić information content (AvgIpc) is 2.83. The van der Waals surface area contributed by atoms with Crippen LogP contribution in [0.1, 0.15) is 26.7 Å². The molecule has 0 unspecified atom stereocenters. The van der Waals surface area contributed by atoms with E-state index in [1.807, 2.05) is 6.92 Å². The van der Waals surface area contributed by atoms with Gasteiger partial charge in [0.15, 0.2) is 5.71 Å². The minimum atomic E-state index is -0.569. The molecule has 1 aliphatic carbocycles. The van der Waals surface area contributed by atoms with E-state index in [-0.39, 0.29) is 18.0 Å². The monoisotopic (exact) mass is 466 g/mol. The summed E-state index contributed by atoms with van der Waals surface area (Å²) in [4.78, 5) is 27.5. The second-order valence-electron chi connectivity index (χ2n) is 7.73. The van der Waals surface area contributed by atoms with Gasteiger partial charge in [-0.25, -0.2) is 4.79 Å². The standard InChI is InChI=1S/C25H26N2O7/c1-16-12-18(23(13-17(16)2)24(26-32-4)25(28)31-3)15-33-21-6-5-7-22(14-21)34-20-10-8-19(9-11-20)27(29)30/h5-11,14H,12-13,15H2,1-4H3/b26-24+.